The molecule has 0 saturated heterocycles. The molecule has 1 aromatic carbocycles. The Hall–Kier alpha value is -3.10. The van der Waals surface area contributed by atoms with Crippen LogP contribution in [0, 0.1) is 0 Å². The molecule has 0 aromatic heterocycles. The first-order valence-corrected chi connectivity index (χ1v) is 7.87. The third kappa shape index (κ3) is 8.13. The maximum Gasteiger partial charge on any atom is 0.426 e. The highest BCUT2D eigenvalue weighted by Crippen LogP contribution is 2.10. The van der Waals surface area contributed by atoms with Crippen LogP contribution in [0.15, 0.2) is 24.3 Å². The molecule has 3 N–H and O–H groups in total. The molecule has 142 valence electrons. The Labute approximate surface area is 151 Å². The topological polar surface area (TPSA) is 123 Å². The van der Waals surface area contributed by atoms with E-state index in [1.54, 1.807) is 20.8 Å². The monoisotopic (exact) mass is 365 g/mol. The lowest BCUT2D eigenvalue weighted by molar-refractivity contribution is -0.141. The van der Waals surface area contributed by atoms with Crippen molar-refractivity contribution in [3.63, 3.8) is 0 Å². The van der Waals surface area contributed by atoms with E-state index in [0.29, 0.717) is 5.69 Å². The van der Waals surface area contributed by atoms with Crippen LogP contribution in [0.25, 0.3) is 0 Å². The predicted molar refractivity (Wildman–Crippen MR) is 93.2 cm³/mol. The van der Waals surface area contributed by atoms with Gasteiger partial charge in [-0.05, 0) is 45.0 Å². The third-order valence-electron chi connectivity index (χ3n) is 2.89. The summed E-state index contributed by atoms with van der Waals surface area (Å²) >= 11 is 0. The highest BCUT2D eigenvalue weighted by molar-refractivity contribution is 5.96. The lowest BCUT2D eigenvalue weighted by atomic mass is 10.2. The number of hydrazine groups is 1. The van der Waals surface area contributed by atoms with Gasteiger partial charge >= 0.3 is 12.1 Å². The van der Waals surface area contributed by atoms with Gasteiger partial charge in [-0.25, -0.2) is 10.2 Å². The summed E-state index contributed by atoms with van der Waals surface area (Å²) in [6, 6.07) is 6.00. The van der Waals surface area contributed by atoms with Crippen molar-refractivity contribution in [3.05, 3.63) is 29.8 Å². The molecule has 0 heterocycles. The minimum atomic E-state index is -0.777. The highest BCUT2D eigenvalue weighted by Gasteiger charge is 2.16. The molecule has 0 aliphatic carbocycles. The first-order chi connectivity index (χ1) is 12.1. The van der Waals surface area contributed by atoms with E-state index in [1.165, 1.54) is 31.4 Å². The maximum absolute atomic E-state index is 11.9. The minimum Gasteiger partial charge on any atom is -0.469 e. The third-order valence-corrected chi connectivity index (χ3v) is 2.89. The first-order valence-electron chi connectivity index (χ1n) is 7.87. The van der Waals surface area contributed by atoms with Crippen LogP contribution in [-0.4, -0.2) is 36.6 Å². The van der Waals surface area contributed by atoms with Crippen molar-refractivity contribution < 1.29 is 28.7 Å². The molecule has 0 aliphatic heterocycles. The van der Waals surface area contributed by atoms with Crippen LogP contribution in [0.1, 0.15) is 44.0 Å². The predicted octanol–water partition coefficient (Wildman–Crippen LogP) is 1.75. The second-order valence-electron chi connectivity index (χ2n) is 6.28. The van der Waals surface area contributed by atoms with Gasteiger partial charge < -0.3 is 14.8 Å². The second kappa shape index (κ2) is 9.40. The van der Waals surface area contributed by atoms with Gasteiger partial charge in [0.05, 0.1) is 13.5 Å². The largest absolute Gasteiger partial charge is 0.469 e. The number of hydrogen-bond donors (Lipinski definition) is 3. The number of anilines is 1. The average molecular weight is 365 g/mol. The number of methoxy groups -OCH3 is 1. The minimum absolute atomic E-state index is 0.00524. The van der Waals surface area contributed by atoms with Gasteiger partial charge in [-0.15, -0.1) is 0 Å². The molecule has 1 aromatic rings. The zero-order valence-corrected chi connectivity index (χ0v) is 15.2. The van der Waals surface area contributed by atoms with Crippen molar-refractivity contribution in [1.82, 2.24) is 10.9 Å². The van der Waals surface area contributed by atoms with Crippen molar-refractivity contribution in [2.45, 2.75) is 39.2 Å². The number of rotatable bonds is 5. The van der Waals surface area contributed by atoms with Gasteiger partial charge in [0.15, 0.2) is 0 Å². The normalized spacial score (nSPS) is 10.5. The van der Waals surface area contributed by atoms with Gasteiger partial charge in [0.1, 0.15) is 5.60 Å². The van der Waals surface area contributed by atoms with E-state index in [2.05, 4.69) is 20.9 Å². The summed E-state index contributed by atoms with van der Waals surface area (Å²) in [5.41, 5.74) is 4.42. The molecule has 0 radical (unpaired) electrons. The smallest absolute Gasteiger partial charge is 0.426 e. The van der Waals surface area contributed by atoms with E-state index in [9.17, 15) is 19.2 Å². The molecule has 1 rings (SSSR count). The number of benzene rings is 1. The van der Waals surface area contributed by atoms with E-state index < -0.39 is 23.6 Å². The van der Waals surface area contributed by atoms with Crippen LogP contribution in [0.5, 0.6) is 0 Å². The number of carbonyl (C=O) groups excluding carboxylic acids is 4. The lowest BCUT2D eigenvalue weighted by Gasteiger charge is -2.19. The molecule has 0 unspecified atom stereocenters. The van der Waals surface area contributed by atoms with Crippen molar-refractivity contribution in [1.29, 1.82) is 0 Å². The van der Waals surface area contributed by atoms with Crippen LogP contribution >= 0.6 is 0 Å². The van der Waals surface area contributed by atoms with Crippen LogP contribution in [0.3, 0.4) is 0 Å². The molecular formula is C17H23N3O6. The fourth-order valence-electron chi connectivity index (χ4n) is 1.73. The summed E-state index contributed by atoms with van der Waals surface area (Å²) in [4.78, 5) is 46.1. The fraction of sp³-hybridized carbons (Fsp3) is 0.412. The van der Waals surface area contributed by atoms with E-state index in [-0.39, 0.29) is 24.3 Å². The number of nitrogens with one attached hydrogen (secondary N) is 3. The van der Waals surface area contributed by atoms with E-state index >= 15 is 0 Å². The highest BCUT2D eigenvalue weighted by atomic mass is 16.6. The molecule has 3 amide bonds. The molecule has 0 aliphatic rings. The Bertz CT molecular complexity index is 664. The molecule has 0 bridgehead atoms. The van der Waals surface area contributed by atoms with Gasteiger partial charge in [0.2, 0.25) is 5.91 Å². The van der Waals surface area contributed by atoms with Gasteiger partial charge in [-0.3, -0.25) is 19.8 Å². The Morgan fingerprint density at radius 3 is 2.12 bits per heavy atom. The number of amides is 3. The van der Waals surface area contributed by atoms with Gasteiger partial charge in [0, 0.05) is 17.7 Å². The number of hydrogen-bond acceptors (Lipinski definition) is 6. The molecule has 0 spiro atoms. The molecule has 0 saturated carbocycles. The van der Waals surface area contributed by atoms with Crippen LogP contribution in [-0.2, 0) is 19.1 Å². The Kier molecular flexibility index (Phi) is 7.57. The summed E-state index contributed by atoms with van der Waals surface area (Å²) in [6.45, 7) is 5.10. The van der Waals surface area contributed by atoms with Crippen molar-refractivity contribution in [2.75, 3.05) is 12.4 Å². The zero-order valence-electron chi connectivity index (χ0n) is 15.2. The van der Waals surface area contributed by atoms with Crippen molar-refractivity contribution >= 4 is 29.6 Å². The molecule has 26 heavy (non-hydrogen) atoms. The average Bonchev–Trinajstić information content (AvgIpc) is 2.56. The van der Waals surface area contributed by atoms with Gasteiger partial charge in [-0.1, -0.05) is 0 Å². The zero-order chi connectivity index (χ0) is 19.7. The summed E-state index contributed by atoms with van der Waals surface area (Å²) in [6.07, 6.45) is -0.797. The summed E-state index contributed by atoms with van der Waals surface area (Å²) in [7, 11) is 1.25. The van der Waals surface area contributed by atoms with Gasteiger partial charge in [0.25, 0.3) is 5.91 Å². The standard InChI is InChI=1S/C17H23N3O6/c1-17(2,3)26-16(24)20-19-15(23)11-5-7-12(8-6-11)18-13(21)9-10-14(22)25-4/h5-8H,9-10H2,1-4H3,(H,18,21)(H,19,23)(H,20,24). The summed E-state index contributed by atoms with van der Waals surface area (Å²) < 4.78 is 9.45. The van der Waals surface area contributed by atoms with Crippen LogP contribution < -0.4 is 16.2 Å². The van der Waals surface area contributed by atoms with Gasteiger partial charge in [-0.2, -0.15) is 0 Å². The molecule has 9 heteroatoms. The SMILES string of the molecule is COC(=O)CCC(=O)Nc1ccc(C(=O)NNC(=O)OC(C)(C)C)cc1. The quantitative estimate of drug-likeness (QED) is 0.540. The fourth-order valence-corrected chi connectivity index (χ4v) is 1.73. The Balaban J connectivity index is 2.48. The van der Waals surface area contributed by atoms with E-state index in [4.69, 9.17) is 4.74 Å². The number of carbonyl (C=O) groups is 4. The molecular weight excluding hydrogens is 342 g/mol. The Morgan fingerprint density at radius 1 is 0.962 bits per heavy atom. The summed E-state index contributed by atoms with van der Waals surface area (Å²) in [5, 5.41) is 2.60. The van der Waals surface area contributed by atoms with Crippen LogP contribution in [0.4, 0.5) is 10.5 Å². The maximum atomic E-state index is 11.9. The number of ether oxygens (including phenoxy) is 2. The Morgan fingerprint density at radius 2 is 1.58 bits per heavy atom. The first kappa shape index (κ1) is 20.9. The van der Waals surface area contributed by atoms with Crippen molar-refractivity contribution in [3.8, 4) is 0 Å². The lowest BCUT2D eigenvalue weighted by Crippen LogP contribution is -2.44. The number of esters is 1. The van der Waals surface area contributed by atoms with Crippen molar-refractivity contribution in [2.24, 2.45) is 0 Å². The second-order valence-corrected chi connectivity index (χ2v) is 6.28. The molecule has 0 fully saturated rings. The van der Waals surface area contributed by atoms with Crippen LogP contribution in [0.2, 0.25) is 0 Å². The summed E-state index contributed by atoms with van der Waals surface area (Å²) in [5.74, 6) is -1.36. The molecule has 9 nitrogen and oxygen atoms in total. The van der Waals surface area contributed by atoms with E-state index in [0.717, 1.165) is 0 Å². The molecule has 0 atom stereocenters. The van der Waals surface area contributed by atoms with E-state index in [1.807, 2.05) is 0 Å².